The van der Waals surface area contributed by atoms with Crippen LogP contribution in [0.2, 0.25) is 0 Å². The fourth-order valence-electron chi connectivity index (χ4n) is 4.01. The number of aromatic nitrogens is 2. The molecule has 32 heavy (non-hydrogen) atoms. The first-order chi connectivity index (χ1) is 15.5. The molecule has 0 bridgehead atoms. The number of aliphatic carboxylic acids is 1. The average Bonchev–Trinajstić information content (AvgIpc) is 3.26. The van der Waals surface area contributed by atoms with Crippen molar-refractivity contribution in [2.24, 2.45) is 0 Å². The maximum absolute atomic E-state index is 10.9. The van der Waals surface area contributed by atoms with Crippen LogP contribution in [0.5, 0.6) is 0 Å². The molecule has 0 saturated carbocycles. The summed E-state index contributed by atoms with van der Waals surface area (Å²) in [6.07, 6.45) is 5.39. The predicted octanol–water partition coefficient (Wildman–Crippen LogP) is 5.92. The van der Waals surface area contributed by atoms with Crippen LogP contribution in [0.1, 0.15) is 41.2 Å². The molecule has 0 aliphatic heterocycles. The van der Waals surface area contributed by atoms with Crippen LogP contribution in [0.25, 0.3) is 28.1 Å². The van der Waals surface area contributed by atoms with E-state index < -0.39 is 5.97 Å². The molecular weight excluding hydrogens is 398 g/mol. The van der Waals surface area contributed by atoms with Gasteiger partial charge in [0.1, 0.15) is 0 Å². The van der Waals surface area contributed by atoms with Crippen molar-refractivity contribution in [3.05, 3.63) is 101 Å². The Morgan fingerprint density at radius 2 is 1.81 bits per heavy atom. The standard InChI is InChI=1S/C27H25N3O2/c1-3-23(24-15-22(28)11-4-17(24)2)27(20-10-12-25-21(14-20)16-29-30-25)19-8-5-18(6-9-19)7-13-26(31)32/h4-16H,3,28H2,1-2H3,(H,29,30)(H,31,32)/b13-7+,27-23+. The molecule has 1 aromatic heterocycles. The minimum atomic E-state index is -0.964. The summed E-state index contributed by atoms with van der Waals surface area (Å²) in [5.74, 6) is -0.964. The van der Waals surface area contributed by atoms with Crippen molar-refractivity contribution in [1.29, 1.82) is 0 Å². The number of nitrogens with one attached hydrogen (secondary N) is 1. The first-order valence-corrected chi connectivity index (χ1v) is 10.5. The van der Waals surface area contributed by atoms with E-state index in [9.17, 15) is 4.79 Å². The van der Waals surface area contributed by atoms with E-state index in [0.29, 0.717) is 0 Å². The van der Waals surface area contributed by atoms with Crippen LogP contribution < -0.4 is 5.73 Å². The number of nitrogens with two attached hydrogens (primary N) is 1. The number of H-pyrrole nitrogens is 1. The Morgan fingerprint density at radius 3 is 2.53 bits per heavy atom. The van der Waals surface area contributed by atoms with Crippen LogP contribution in [-0.4, -0.2) is 21.3 Å². The summed E-state index contributed by atoms with van der Waals surface area (Å²) in [6, 6.07) is 20.2. The molecule has 0 aliphatic rings. The number of carbonyl (C=O) groups is 1. The lowest BCUT2D eigenvalue weighted by atomic mass is 9.86. The molecule has 4 rings (SSSR count). The van der Waals surface area contributed by atoms with E-state index in [0.717, 1.165) is 56.9 Å². The Hall–Kier alpha value is -4.12. The molecule has 0 spiro atoms. The van der Waals surface area contributed by atoms with Gasteiger partial charge >= 0.3 is 5.97 Å². The number of hydrogen-bond donors (Lipinski definition) is 3. The summed E-state index contributed by atoms with van der Waals surface area (Å²) >= 11 is 0. The second-order valence-corrected chi connectivity index (χ2v) is 7.75. The monoisotopic (exact) mass is 423 g/mol. The molecule has 0 aliphatic carbocycles. The molecule has 0 fully saturated rings. The van der Waals surface area contributed by atoms with Gasteiger partial charge in [-0.15, -0.1) is 0 Å². The summed E-state index contributed by atoms with van der Waals surface area (Å²) in [5.41, 5.74) is 15.5. The van der Waals surface area contributed by atoms with Gasteiger partial charge in [0.05, 0.1) is 11.7 Å². The lowest BCUT2D eigenvalue weighted by Crippen LogP contribution is -1.98. The molecular formula is C27H25N3O2. The Bertz CT molecular complexity index is 1350. The fourth-order valence-corrected chi connectivity index (χ4v) is 4.01. The van der Waals surface area contributed by atoms with Gasteiger partial charge < -0.3 is 10.8 Å². The zero-order chi connectivity index (χ0) is 22.7. The summed E-state index contributed by atoms with van der Waals surface area (Å²) in [4.78, 5) is 10.9. The van der Waals surface area contributed by atoms with Crippen molar-refractivity contribution in [1.82, 2.24) is 10.2 Å². The molecule has 4 N–H and O–H groups in total. The highest BCUT2D eigenvalue weighted by atomic mass is 16.4. The SMILES string of the molecule is CC/C(=C(/c1ccc(/C=C/C(=O)O)cc1)c1ccc2[nH]ncc2c1)c1cc(N)ccc1C. The number of carboxylic acids is 1. The highest BCUT2D eigenvalue weighted by Crippen LogP contribution is 2.37. The van der Waals surface area contributed by atoms with Crippen LogP contribution in [0.4, 0.5) is 5.69 Å². The first-order valence-electron chi connectivity index (χ1n) is 10.5. The Morgan fingerprint density at radius 1 is 1.06 bits per heavy atom. The van der Waals surface area contributed by atoms with Gasteiger partial charge in [-0.2, -0.15) is 5.10 Å². The first kappa shape index (κ1) is 21.1. The number of nitrogen functional groups attached to an aromatic ring is 1. The molecule has 3 aromatic carbocycles. The maximum atomic E-state index is 10.9. The van der Waals surface area contributed by atoms with Gasteiger partial charge in [-0.3, -0.25) is 5.10 Å². The van der Waals surface area contributed by atoms with E-state index in [1.54, 1.807) is 6.08 Å². The Labute approximate surface area is 186 Å². The number of hydrogen-bond acceptors (Lipinski definition) is 3. The summed E-state index contributed by atoms with van der Waals surface area (Å²) in [5, 5.41) is 17.1. The largest absolute Gasteiger partial charge is 0.478 e. The lowest BCUT2D eigenvalue weighted by molar-refractivity contribution is -0.131. The number of carboxylic acid groups (broad SMARTS) is 1. The number of nitrogens with zero attached hydrogens (tertiary/aromatic N) is 1. The third-order valence-electron chi connectivity index (χ3n) is 5.59. The molecule has 1 heterocycles. The number of anilines is 1. The van der Waals surface area contributed by atoms with Crippen LogP contribution in [-0.2, 0) is 4.79 Å². The molecule has 0 atom stereocenters. The van der Waals surface area contributed by atoms with Gasteiger partial charge in [-0.25, -0.2) is 4.79 Å². The van der Waals surface area contributed by atoms with Crippen LogP contribution in [0, 0.1) is 6.92 Å². The molecule has 5 heteroatoms. The average molecular weight is 424 g/mol. The molecule has 0 amide bonds. The van der Waals surface area contributed by atoms with E-state index in [1.165, 1.54) is 11.1 Å². The van der Waals surface area contributed by atoms with Crippen LogP contribution in [0.15, 0.2) is 72.9 Å². The van der Waals surface area contributed by atoms with Gasteiger partial charge in [-0.05, 0) is 82.6 Å². The second kappa shape index (κ2) is 8.94. The van der Waals surface area contributed by atoms with Gasteiger partial charge in [-0.1, -0.05) is 43.3 Å². The zero-order valence-corrected chi connectivity index (χ0v) is 18.1. The third kappa shape index (κ3) is 4.32. The number of allylic oxidation sites excluding steroid dienone is 1. The van der Waals surface area contributed by atoms with Crippen molar-refractivity contribution in [2.75, 3.05) is 5.73 Å². The highest BCUT2D eigenvalue weighted by molar-refractivity contribution is 6.01. The van der Waals surface area contributed by atoms with Gasteiger partial charge in [0, 0.05) is 17.1 Å². The number of benzene rings is 3. The van der Waals surface area contributed by atoms with E-state index in [2.05, 4.69) is 42.2 Å². The molecule has 0 radical (unpaired) electrons. The van der Waals surface area contributed by atoms with Crippen molar-refractivity contribution >= 4 is 39.8 Å². The zero-order valence-electron chi connectivity index (χ0n) is 18.1. The molecule has 160 valence electrons. The minimum Gasteiger partial charge on any atom is -0.478 e. The maximum Gasteiger partial charge on any atom is 0.328 e. The smallest absolute Gasteiger partial charge is 0.328 e. The summed E-state index contributed by atoms with van der Waals surface area (Å²) in [6.45, 7) is 4.25. The second-order valence-electron chi connectivity index (χ2n) is 7.75. The molecule has 4 aromatic rings. The van der Waals surface area contributed by atoms with Gasteiger partial charge in [0.2, 0.25) is 0 Å². The van der Waals surface area contributed by atoms with Crippen molar-refractivity contribution in [3.63, 3.8) is 0 Å². The van der Waals surface area contributed by atoms with E-state index in [1.807, 2.05) is 48.7 Å². The van der Waals surface area contributed by atoms with Gasteiger partial charge in [0.15, 0.2) is 0 Å². The third-order valence-corrected chi connectivity index (χ3v) is 5.59. The molecule has 0 saturated heterocycles. The summed E-state index contributed by atoms with van der Waals surface area (Å²) in [7, 11) is 0. The quantitative estimate of drug-likeness (QED) is 0.204. The number of rotatable bonds is 6. The van der Waals surface area contributed by atoms with Crippen molar-refractivity contribution < 1.29 is 9.90 Å². The number of aromatic amines is 1. The van der Waals surface area contributed by atoms with Gasteiger partial charge in [0.25, 0.3) is 0 Å². The van der Waals surface area contributed by atoms with Crippen molar-refractivity contribution in [3.8, 4) is 0 Å². The number of aryl methyl sites for hydroxylation is 1. The van der Waals surface area contributed by atoms with E-state index in [-0.39, 0.29) is 0 Å². The fraction of sp³-hybridized carbons (Fsp3) is 0.111. The topological polar surface area (TPSA) is 92.0 Å². The highest BCUT2D eigenvalue weighted by Gasteiger charge is 2.15. The Balaban J connectivity index is 1.94. The molecule has 0 unspecified atom stereocenters. The normalized spacial score (nSPS) is 12.3. The predicted molar refractivity (Wildman–Crippen MR) is 131 cm³/mol. The lowest BCUT2D eigenvalue weighted by Gasteiger charge is -2.18. The van der Waals surface area contributed by atoms with Crippen molar-refractivity contribution in [2.45, 2.75) is 20.3 Å². The van der Waals surface area contributed by atoms with E-state index >= 15 is 0 Å². The number of fused-ring (bicyclic) bond motifs is 1. The Kier molecular flexibility index (Phi) is 5.90. The van der Waals surface area contributed by atoms with Crippen LogP contribution in [0.3, 0.4) is 0 Å². The summed E-state index contributed by atoms with van der Waals surface area (Å²) < 4.78 is 0. The minimum absolute atomic E-state index is 0.732. The van der Waals surface area contributed by atoms with E-state index in [4.69, 9.17) is 10.8 Å². The molecule has 5 nitrogen and oxygen atoms in total. The van der Waals surface area contributed by atoms with Crippen LogP contribution >= 0.6 is 0 Å².